The number of para-hydroxylation sites is 1. The predicted molar refractivity (Wildman–Crippen MR) is 143 cm³/mol. The van der Waals surface area contributed by atoms with Crippen molar-refractivity contribution in [2.75, 3.05) is 10.6 Å². The molecule has 1 saturated carbocycles. The number of pyridine rings is 2. The molecule has 1 aliphatic carbocycles. The summed E-state index contributed by atoms with van der Waals surface area (Å²) in [5.41, 5.74) is 0.252. The van der Waals surface area contributed by atoms with Crippen LogP contribution in [-0.4, -0.2) is 26.6 Å². The van der Waals surface area contributed by atoms with Crippen LogP contribution in [0, 0.1) is 5.82 Å². The maximum absolute atomic E-state index is 14.8. The van der Waals surface area contributed by atoms with Gasteiger partial charge in [-0.05, 0) is 67.5 Å². The molecular formula is C27H22FN5O3S. The number of carbonyl (C=O) groups excluding carboxylic acids is 1. The summed E-state index contributed by atoms with van der Waals surface area (Å²) >= 11 is 5.25. The van der Waals surface area contributed by atoms with E-state index in [0.717, 1.165) is 18.9 Å². The summed E-state index contributed by atoms with van der Waals surface area (Å²) < 4.78 is 21.9. The number of thiocarbonyl (C=S) groups is 1. The summed E-state index contributed by atoms with van der Waals surface area (Å²) in [4.78, 5) is 29.8. The number of rotatable bonds is 7. The molecule has 0 saturated heterocycles. The van der Waals surface area contributed by atoms with Gasteiger partial charge >= 0.3 is 0 Å². The monoisotopic (exact) mass is 515 g/mol. The number of nitrogens with one attached hydrogen (secondary N) is 3. The summed E-state index contributed by atoms with van der Waals surface area (Å²) in [7, 11) is 0. The molecule has 0 unspecified atom stereocenters. The Kier molecular flexibility index (Phi) is 6.91. The highest BCUT2D eigenvalue weighted by atomic mass is 32.1. The van der Waals surface area contributed by atoms with Crippen LogP contribution < -0.4 is 26.2 Å². The summed E-state index contributed by atoms with van der Waals surface area (Å²) in [5, 5.41) is 9.17. The lowest BCUT2D eigenvalue weighted by Crippen LogP contribution is -2.30. The molecule has 0 aliphatic heterocycles. The van der Waals surface area contributed by atoms with E-state index in [2.05, 4.69) is 20.9 Å². The SMILES string of the molecule is O=C(Nc1ccc(Oc2ccnc(NC(=S)NC3CC3)c2)c(F)c1)c1cccn(-c2ccccc2)c1=O. The minimum Gasteiger partial charge on any atom is -0.454 e. The Labute approximate surface area is 217 Å². The van der Waals surface area contributed by atoms with Crippen molar-refractivity contribution in [2.45, 2.75) is 18.9 Å². The van der Waals surface area contributed by atoms with Crippen LogP contribution in [0.25, 0.3) is 5.69 Å². The summed E-state index contributed by atoms with van der Waals surface area (Å²) in [5.74, 6) is -0.564. The van der Waals surface area contributed by atoms with E-state index < -0.39 is 17.3 Å². The van der Waals surface area contributed by atoms with Crippen LogP contribution in [0.2, 0.25) is 0 Å². The highest BCUT2D eigenvalue weighted by molar-refractivity contribution is 7.80. The number of benzene rings is 2. The molecular weight excluding hydrogens is 493 g/mol. The third-order valence-corrected chi connectivity index (χ3v) is 5.75. The molecule has 1 fully saturated rings. The van der Waals surface area contributed by atoms with E-state index in [1.54, 1.807) is 48.7 Å². The fourth-order valence-electron chi connectivity index (χ4n) is 3.55. The minimum atomic E-state index is -0.690. The van der Waals surface area contributed by atoms with E-state index in [1.165, 1.54) is 29.0 Å². The standard InChI is InChI=1S/C27H22FN5O3S/c28-22-15-18(30-25(34)21-7-4-14-33(26(21)35)19-5-2-1-3-6-19)10-11-23(22)36-20-12-13-29-24(16-20)32-27(37)31-17-8-9-17/h1-7,10-17H,8-9H2,(H,30,34)(H2,29,31,32,37). The number of anilines is 2. The summed E-state index contributed by atoms with van der Waals surface area (Å²) in [6, 6.07) is 19.6. The van der Waals surface area contributed by atoms with E-state index in [-0.39, 0.29) is 17.0 Å². The van der Waals surface area contributed by atoms with Crippen molar-refractivity contribution in [3.8, 4) is 17.2 Å². The van der Waals surface area contributed by atoms with E-state index in [9.17, 15) is 14.0 Å². The van der Waals surface area contributed by atoms with Crippen molar-refractivity contribution in [3.05, 3.63) is 107 Å². The fraction of sp³-hybridized carbons (Fsp3) is 0.111. The number of ether oxygens (including phenoxy) is 1. The van der Waals surface area contributed by atoms with Crippen molar-refractivity contribution >= 4 is 34.7 Å². The first-order valence-corrected chi connectivity index (χ1v) is 12.0. The number of aromatic nitrogens is 2. The molecule has 1 amide bonds. The zero-order valence-corrected chi connectivity index (χ0v) is 20.3. The van der Waals surface area contributed by atoms with E-state index in [4.69, 9.17) is 17.0 Å². The van der Waals surface area contributed by atoms with Gasteiger partial charge in [0.15, 0.2) is 16.7 Å². The topological polar surface area (TPSA) is 97.3 Å². The Morgan fingerprint density at radius 3 is 2.59 bits per heavy atom. The van der Waals surface area contributed by atoms with Gasteiger partial charge in [-0.2, -0.15) is 0 Å². The minimum absolute atomic E-state index is 0.0417. The Morgan fingerprint density at radius 2 is 1.84 bits per heavy atom. The summed E-state index contributed by atoms with van der Waals surface area (Å²) in [6.07, 6.45) is 5.28. The van der Waals surface area contributed by atoms with Gasteiger partial charge in [0.25, 0.3) is 11.5 Å². The normalized spacial score (nSPS) is 12.5. The molecule has 1 aliphatic rings. The average molecular weight is 516 g/mol. The highest BCUT2D eigenvalue weighted by Crippen LogP contribution is 2.28. The second-order valence-corrected chi connectivity index (χ2v) is 8.79. The molecule has 8 nitrogen and oxygen atoms in total. The van der Waals surface area contributed by atoms with Crippen molar-refractivity contribution in [1.82, 2.24) is 14.9 Å². The van der Waals surface area contributed by atoms with Crippen molar-refractivity contribution in [2.24, 2.45) is 0 Å². The van der Waals surface area contributed by atoms with Gasteiger partial charge in [0, 0.05) is 41.9 Å². The Morgan fingerprint density at radius 1 is 1.03 bits per heavy atom. The second kappa shape index (κ2) is 10.6. The lowest BCUT2D eigenvalue weighted by molar-refractivity contribution is 0.102. The van der Waals surface area contributed by atoms with Gasteiger partial charge in [-0.3, -0.25) is 14.2 Å². The van der Waals surface area contributed by atoms with Gasteiger partial charge in [-0.15, -0.1) is 0 Å². The maximum Gasteiger partial charge on any atom is 0.267 e. The first-order valence-electron chi connectivity index (χ1n) is 11.6. The van der Waals surface area contributed by atoms with Gasteiger partial charge < -0.3 is 20.7 Å². The lowest BCUT2D eigenvalue weighted by Gasteiger charge is -2.12. The third-order valence-electron chi connectivity index (χ3n) is 5.53. The van der Waals surface area contributed by atoms with Crippen LogP contribution in [0.15, 0.2) is 90.0 Å². The number of hydrogen-bond donors (Lipinski definition) is 3. The number of hydrogen-bond acceptors (Lipinski definition) is 5. The maximum atomic E-state index is 14.8. The number of nitrogens with zero attached hydrogens (tertiary/aromatic N) is 2. The van der Waals surface area contributed by atoms with Gasteiger partial charge in [0.05, 0.1) is 0 Å². The Balaban J connectivity index is 1.27. The molecule has 0 radical (unpaired) electrons. The zero-order chi connectivity index (χ0) is 25.8. The first kappa shape index (κ1) is 24.1. The van der Waals surface area contributed by atoms with E-state index in [0.29, 0.717) is 28.4 Å². The van der Waals surface area contributed by atoms with Gasteiger partial charge in [-0.1, -0.05) is 18.2 Å². The van der Waals surface area contributed by atoms with Gasteiger partial charge in [0.1, 0.15) is 17.1 Å². The molecule has 2 heterocycles. The predicted octanol–water partition coefficient (Wildman–Crippen LogP) is 4.87. The van der Waals surface area contributed by atoms with E-state index >= 15 is 0 Å². The van der Waals surface area contributed by atoms with Crippen LogP contribution in [0.3, 0.4) is 0 Å². The second-order valence-electron chi connectivity index (χ2n) is 8.38. The van der Waals surface area contributed by atoms with Crippen molar-refractivity contribution < 1.29 is 13.9 Å². The number of halogens is 1. The molecule has 0 atom stereocenters. The Hall–Kier alpha value is -4.57. The van der Waals surface area contributed by atoms with Crippen LogP contribution in [0.1, 0.15) is 23.2 Å². The zero-order valence-electron chi connectivity index (χ0n) is 19.5. The van der Waals surface area contributed by atoms with E-state index in [1.807, 2.05) is 6.07 Å². The molecule has 5 rings (SSSR count). The molecule has 4 aromatic rings. The average Bonchev–Trinajstić information content (AvgIpc) is 3.70. The fourth-order valence-corrected chi connectivity index (χ4v) is 3.83. The molecule has 10 heteroatoms. The molecule has 2 aromatic carbocycles. The molecule has 0 bridgehead atoms. The summed E-state index contributed by atoms with van der Waals surface area (Å²) in [6.45, 7) is 0. The van der Waals surface area contributed by atoms with Crippen molar-refractivity contribution in [1.29, 1.82) is 0 Å². The Bertz CT molecular complexity index is 1520. The van der Waals surface area contributed by atoms with Crippen LogP contribution >= 0.6 is 12.2 Å². The van der Waals surface area contributed by atoms with Gasteiger partial charge in [-0.25, -0.2) is 9.37 Å². The van der Waals surface area contributed by atoms with Crippen LogP contribution in [0.5, 0.6) is 11.5 Å². The molecule has 37 heavy (non-hydrogen) atoms. The number of amides is 1. The smallest absolute Gasteiger partial charge is 0.267 e. The van der Waals surface area contributed by atoms with Gasteiger partial charge in [0.2, 0.25) is 0 Å². The van der Waals surface area contributed by atoms with Crippen LogP contribution in [-0.2, 0) is 0 Å². The van der Waals surface area contributed by atoms with Crippen molar-refractivity contribution in [3.63, 3.8) is 0 Å². The quantitative estimate of drug-likeness (QED) is 0.302. The largest absolute Gasteiger partial charge is 0.454 e. The van der Waals surface area contributed by atoms with Crippen LogP contribution in [0.4, 0.5) is 15.9 Å². The molecule has 186 valence electrons. The molecule has 0 spiro atoms. The number of carbonyl (C=O) groups is 1. The molecule has 3 N–H and O–H groups in total. The lowest BCUT2D eigenvalue weighted by atomic mass is 10.2. The first-order chi connectivity index (χ1) is 18.0. The highest BCUT2D eigenvalue weighted by Gasteiger charge is 2.22. The third kappa shape index (κ3) is 5.99. The molecule has 2 aromatic heterocycles.